The molecule has 1 unspecified atom stereocenters. The first-order valence-corrected chi connectivity index (χ1v) is 10.7. The van der Waals surface area contributed by atoms with E-state index in [4.69, 9.17) is 0 Å². The third-order valence-corrected chi connectivity index (χ3v) is 6.23. The van der Waals surface area contributed by atoms with E-state index in [0.29, 0.717) is 5.56 Å². The molecular formula is C24H26FN3O3. The van der Waals surface area contributed by atoms with Crippen LogP contribution in [0.1, 0.15) is 44.6 Å². The first kappa shape index (κ1) is 21.0. The Morgan fingerprint density at radius 2 is 1.71 bits per heavy atom. The molecule has 7 heteroatoms. The molecule has 6 nitrogen and oxygen atoms in total. The van der Waals surface area contributed by atoms with Gasteiger partial charge in [-0.25, -0.2) is 9.18 Å². The van der Waals surface area contributed by atoms with Gasteiger partial charge in [0.25, 0.3) is 5.91 Å². The van der Waals surface area contributed by atoms with Crippen LogP contribution in [0.15, 0.2) is 54.6 Å². The number of hydrogen-bond acceptors (Lipinski definition) is 3. The largest absolute Gasteiger partial charge is 0.325 e. The standard InChI is InChI=1S/C24H26FN3O3/c1-24(17-12-14-18(25)15-13-17)22(30)27(23(31)26-24)16-21(29)28(19-8-4-2-5-9-19)20-10-6-3-7-11-20/h2,4-5,8-9,12-15,20H,3,6-7,10-11,16H2,1H3,(H,26,31). The van der Waals surface area contributed by atoms with Gasteiger partial charge in [-0.05, 0) is 49.6 Å². The minimum Gasteiger partial charge on any atom is -0.319 e. The summed E-state index contributed by atoms with van der Waals surface area (Å²) in [4.78, 5) is 41.9. The van der Waals surface area contributed by atoms with Crippen molar-refractivity contribution >= 4 is 23.5 Å². The van der Waals surface area contributed by atoms with Gasteiger partial charge >= 0.3 is 6.03 Å². The first-order chi connectivity index (χ1) is 14.9. The summed E-state index contributed by atoms with van der Waals surface area (Å²) in [5.41, 5.74) is -0.102. The zero-order chi connectivity index (χ0) is 22.0. The molecule has 1 atom stereocenters. The molecule has 1 N–H and O–H groups in total. The third kappa shape index (κ3) is 4.04. The molecule has 162 valence electrons. The summed E-state index contributed by atoms with van der Waals surface area (Å²) in [5.74, 6) is -1.23. The molecule has 1 heterocycles. The van der Waals surface area contributed by atoms with Gasteiger partial charge in [0.2, 0.25) is 5.91 Å². The van der Waals surface area contributed by atoms with E-state index in [1.54, 1.807) is 11.8 Å². The fourth-order valence-corrected chi connectivity index (χ4v) is 4.52. The lowest BCUT2D eigenvalue weighted by Gasteiger charge is -2.35. The van der Waals surface area contributed by atoms with Gasteiger partial charge in [-0.2, -0.15) is 0 Å². The maximum atomic E-state index is 13.4. The van der Waals surface area contributed by atoms with Crippen LogP contribution in [0, 0.1) is 5.82 Å². The van der Waals surface area contributed by atoms with Gasteiger partial charge in [0.1, 0.15) is 17.9 Å². The minimum atomic E-state index is -1.34. The van der Waals surface area contributed by atoms with Crippen LogP contribution in [-0.4, -0.2) is 35.3 Å². The Kier molecular flexibility index (Phi) is 5.76. The number of amides is 4. The molecule has 1 aliphatic carbocycles. The Morgan fingerprint density at radius 3 is 2.35 bits per heavy atom. The van der Waals surface area contributed by atoms with Gasteiger partial charge in [-0.3, -0.25) is 14.5 Å². The first-order valence-electron chi connectivity index (χ1n) is 10.7. The fraction of sp³-hybridized carbons (Fsp3) is 0.375. The molecule has 4 rings (SSSR count). The summed E-state index contributed by atoms with van der Waals surface area (Å²) < 4.78 is 13.3. The smallest absolute Gasteiger partial charge is 0.319 e. The molecule has 0 aromatic heterocycles. The Balaban J connectivity index is 1.57. The van der Waals surface area contributed by atoms with E-state index in [-0.39, 0.29) is 18.5 Å². The second-order valence-electron chi connectivity index (χ2n) is 8.34. The summed E-state index contributed by atoms with van der Waals surface area (Å²) in [7, 11) is 0. The number of urea groups is 1. The van der Waals surface area contributed by atoms with Crippen LogP contribution in [0.4, 0.5) is 14.9 Å². The van der Waals surface area contributed by atoms with Crippen LogP contribution in [0.25, 0.3) is 0 Å². The van der Waals surface area contributed by atoms with E-state index in [9.17, 15) is 18.8 Å². The van der Waals surface area contributed by atoms with Crippen molar-refractivity contribution in [2.24, 2.45) is 0 Å². The number of anilines is 1. The number of carbonyl (C=O) groups is 3. The maximum absolute atomic E-state index is 13.4. The van der Waals surface area contributed by atoms with Crippen molar-refractivity contribution in [3.63, 3.8) is 0 Å². The molecule has 4 amide bonds. The fourth-order valence-electron chi connectivity index (χ4n) is 4.52. The number of para-hydroxylation sites is 1. The van der Waals surface area contributed by atoms with Crippen LogP contribution in [0.5, 0.6) is 0 Å². The minimum absolute atomic E-state index is 0.0490. The number of nitrogens with one attached hydrogen (secondary N) is 1. The summed E-state index contributed by atoms with van der Waals surface area (Å²) in [6, 6.07) is 14.2. The van der Waals surface area contributed by atoms with Gasteiger partial charge in [0.05, 0.1) is 0 Å². The van der Waals surface area contributed by atoms with Crippen LogP contribution in [0.3, 0.4) is 0 Å². The molecule has 1 saturated carbocycles. The molecule has 1 saturated heterocycles. The Morgan fingerprint density at radius 1 is 1.06 bits per heavy atom. The average molecular weight is 423 g/mol. The van der Waals surface area contributed by atoms with Gasteiger partial charge in [0.15, 0.2) is 0 Å². The molecule has 31 heavy (non-hydrogen) atoms. The van der Waals surface area contributed by atoms with Crippen LogP contribution in [-0.2, 0) is 15.1 Å². The molecule has 2 aliphatic rings. The Labute approximate surface area is 181 Å². The van der Waals surface area contributed by atoms with Crippen molar-refractivity contribution in [3.8, 4) is 0 Å². The summed E-state index contributed by atoms with van der Waals surface area (Å²) in [6.45, 7) is 1.23. The summed E-state index contributed by atoms with van der Waals surface area (Å²) in [5, 5.41) is 2.67. The Bertz CT molecular complexity index is 973. The highest BCUT2D eigenvalue weighted by molar-refractivity contribution is 6.10. The number of carbonyl (C=O) groups excluding carboxylic acids is 3. The predicted octanol–water partition coefficient (Wildman–Crippen LogP) is 3.96. The lowest BCUT2D eigenvalue weighted by atomic mass is 9.92. The van der Waals surface area contributed by atoms with Gasteiger partial charge in [-0.1, -0.05) is 49.6 Å². The van der Waals surface area contributed by atoms with Gasteiger partial charge < -0.3 is 10.2 Å². The monoisotopic (exact) mass is 423 g/mol. The Hall–Kier alpha value is -3.22. The zero-order valence-electron chi connectivity index (χ0n) is 17.5. The summed E-state index contributed by atoms with van der Waals surface area (Å²) in [6.07, 6.45) is 5.04. The molecule has 0 radical (unpaired) electrons. The highest BCUT2D eigenvalue weighted by atomic mass is 19.1. The SMILES string of the molecule is CC1(c2ccc(F)cc2)NC(=O)N(CC(=O)N(c2ccccc2)C2CCCCC2)C1=O. The summed E-state index contributed by atoms with van der Waals surface area (Å²) >= 11 is 0. The molecule has 1 aliphatic heterocycles. The molecule has 2 aromatic carbocycles. The number of halogens is 1. The molecular weight excluding hydrogens is 397 g/mol. The van der Waals surface area contributed by atoms with Crippen molar-refractivity contribution < 1.29 is 18.8 Å². The van der Waals surface area contributed by atoms with E-state index in [1.165, 1.54) is 24.3 Å². The molecule has 2 fully saturated rings. The van der Waals surface area contributed by atoms with Crippen molar-refractivity contribution in [2.45, 2.75) is 50.6 Å². The van der Waals surface area contributed by atoms with Crippen molar-refractivity contribution in [1.29, 1.82) is 0 Å². The highest BCUT2D eigenvalue weighted by Crippen LogP contribution is 2.31. The predicted molar refractivity (Wildman–Crippen MR) is 115 cm³/mol. The van der Waals surface area contributed by atoms with E-state index in [0.717, 1.165) is 42.7 Å². The average Bonchev–Trinajstić information content (AvgIpc) is 3.00. The number of imide groups is 1. The van der Waals surface area contributed by atoms with Crippen LogP contribution >= 0.6 is 0 Å². The normalized spacial score (nSPS) is 21.8. The molecule has 2 aromatic rings. The maximum Gasteiger partial charge on any atom is 0.325 e. The third-order valence-electron chi connectivity index (χ3n) is 6.23. The molecule has 0 bridgehead atoms. The van der Waals surface area contributed by atoms with Crippen molar-refractivity contribution in [1.82, 2.24) is 10.2 Å². The van der Waals surface area contributed by atoms with E-state index in [1.807, 2.05) is 30.3 Å². The van der Waals surface area contributed by atoms with Gasteiger partial charge in [-0.15, -0.1) is 0 Å². The lowest BCUT2D eigenvalue weighted by Crippen LogP contribution is -2.48. The van der Waals surface area contributed by atoms with E-state index in [2.05, 4.69) is 5.32 Å². The van der Waals surface area contributed by atoms with E-state index < -0.39 is 23.3 Å². The van der Waals surface area contributed by atoms with Crippen LogP contribution < -0.4 is 10.2 Å². The second-order valence-corrected chi connectivity index (χ2v) is 8.34. The van der Waals surface area contributed by atoms with Crippen molar-refractivity contribution in [2.75, 3.05) is 11.4 Å². The van der Waals surface area contributed by atoms with Crippen LogP contribution in [0.2, 0.25) is 0 Å². The quantitative estimate of drug-likeness (QED) is 0.740. The van der Waals surface area contributed by atoms with Gasteiger partial charge in [0, 0.05) is 11.7 Å². The number of benzene rings is 2. The zero-order valence-corrected chi connectivity index (χ0v) is 17.5. The lowest BCUT2D eigenvalue weighted by molar-refractivity contribution is -0.134. The second kappa shape index (κ2) is 8.49. The number of hydrogen-bond donors (Lipinski definition) is 1. The topological polar surface area (TPSA) is 69.7 Å². The molecule has 0 spiro atoms. The van der Waals surface area contributed by atoms with E-state index >= 15 is 0 Å². The van der Waals surface area contributed by atoms with Crippen molar-refractivity contribution in [3.05, 3.63) is 66.0 Å². The number of nitrogens with zero attached hydrogens (tertiary/aromatic N) is 2. The highest BCUT2D eigenvalue weighted by Gasteiger charge is 2.50. The number of rotatable bonds is 5.